The van der Waals surface area contributed by atoms with Crippen molar-refractivity contribution in [3.63, 3.8) is 0 Å². The molecule has 0 bridgehead atoms. The van der Waals surface area contributed by atoms with Crippen molar-refractivity contribution in [3.05, 3.63) is 52.2 Å². The van der Waals surface area contributed by atoms with Gasteiger partial charge in [0.15, 0.2) is 0 Å². The van der Waals surface area contributed by atoms with Gasteiger partial charge in [-0.05, 0) is 35.8 Å². The molecule has 3 heterocycles. The molecule has 0 amide bonds. The largest absolute Gasteiger partial charge is 0.350 e. The van der Waals surface area contributed by atoms with Crippen LogP contribution in [0.4, 0.5) is 0 Å². The summed E-state index contributed by atoms with van der Waals surface area (Å²) in [4.78, 5) is 6.38. The molecule has 0 unspecified atom stereocenters. The molecule has 0 saturated heterocycles. The van der Waals surface area contributed by atoms with E-state index in [-0.39, 0.29) is 0 Å². The Bertz CT molecular complexity index is 643. The monoisotopic (exact) mass is 241 g/mol. The van der Waals surface area contributed by atoms with Crippen LogP contribution in [0.15, 0.2) is 36.8 Å². The smallest absolute Gasteiger partial charge is 0.0644 e. The number of fused-ring (bicyclic) bond motifs is 1. The minimum Gasteiger partial charge on any atom is -0.350 e. The Morgan fingerprint density at radius 3 is 3.24 bits per heavy atom. The predicted molar refractivity (Wildman–Crippen MR) is 70.3 cm³/mol. The fourth-order valence-electron chi connectivity index (χ4n) is 1.68. The lowest BCUT2D eigenvalue weighted by molar-refractivity contribution is 0.628. The molecule has 0 aliphatic carbocycles. The Morgan fingerprint density at radius 1 is 1.35 bits per heavy atom. The number of aromatic nitrogens is 2. The average Bonchev–Trinajstić information content (AvgIpc) is 2.85. The highest BCUT2D eigenvalue weighted by Gasteiger charge is 2.00. The third-order valence-electron chi connectivity index (χ3n) is 2.54. The maximum absolute atomic E-state index is 4.25. The molecule has 0 saturated carbocycles. The SMILES string of the molecule is C1=c2cnsc2=CCN1/C=C/c1ccccn1. The van der Waals surface area contributed by atoms with E-state index in [9.17, 15) is 0 Å². The molecule has 0 radical (unpaired) electrons. The summed E-state index contributed by atoms with van der Waals surface area (Å²) in [5.74, 6) is 0. The van der Waals surface area contributed by atoms with Crippen molar-refractivity contribution < 1.29 is 0 Å². The maximum Gasteiger partial charge on any atom is 0.0644 e. The van der Waals surface area contributed by atoms with Gasteiger partial charge in [-0.25, -0.2) is 0 Å². The molecule has 1 aliphatic rings. The molecule has 84 valence electrons. The van der Waals surface area contributed by atoms with Crippen molar-refractivity contribution in [3.8, 4) is 0 Å². The first-order valence-electron chi connectivity index (χ1n) is 5.39. The normalized spacial score (nSPS) is 14.2. The van der Waals surface area contributed by atoms with Crippen molar-refractivity contribution in [1.82, 2.24) is 14.3 Å². The van der Waals surface area contributed by atoms with Crippen LogP contribution in [0.25, 0.3) is 18.4 Å². The zero-order valence-corrected chi connectivity index (χ0v) is 9.97. The summed E-state index contributed by atoms with van der Waals surface area (Å²) in [5.41, 5.74) is 0.968. The van der Waals surface area contributed by atoms with Gasteiger partial charge < -0.3 is 4.90 Å². The van der Waals surface area contributed by atoms with Gasteiger partial charge in [0.2, 0.25) is 0 Å². The standard InChI is InChI=1S/C13H11N3S/c1-2-6-14-12(3-1)4-7-16-8-5-13-11(10-16)9-15-17-13/h1-7,9-10H,8H2/b7-4+. The molecule has 0 N–H and O–H groups in total. The van der Waals surface area contributed by atoms with Gasteiger partial charge in [-0.1, -0.05) is 6.07 Å². The van der Waals surface area contributed by atoms with Crippen LogP contribution < -0.4 is 9.75 Å². The molecule has 2 aromatic heterocycles. The van der Waals surface area contributed by atoms with Crippen molar-refractivity contribution >= 4 is 29.9 Å². The van der Waals surface area contributed by atoms with E-state index in [1.807, 2.05) is 36.7 Å². The van der Waals surface area contributed by atoms with Crippen LogP contribution in [0.3, 0.4) is 0 Å². The number of rotatable bonds is 2. The molecular weight excluding hydrogens is 230 g/mol. The second kappa shape index (κ2) is 4.51. The van der Waals surface area contributed by atoms with Gasteiger partial charge in [0, 0.05) is 36.6 Å². The molecule has 0 aromatic carbocycles. The summed E-state index contributed by atoms with van der Waals surface area (Å²) in [6.45, 7) is 0.887. The van der Waals surface area contributed by atoms with Gasteiger partial charge in [-0.3, -0.25) is 4.98 Å². The molecule has 0 atom stereocenters. The number of nitrogens with zero attached hydrogens (tertiary/aromatic N) is 3. The summed E-state index contributed by atoms with van der Waals surface area (Å²) in [6, 6.07) is 5.89. The Morgan fingerprint density at radius 2 is 2.35 bits per heavy atom. The van der Waals surface area contributed by atoms with Crippen LogP contribution in [0.5, 0.6) is 0 Å². The first kappa shape index (κ1) is 10.2. The number of hydrogen-bond donors (Lipinski definition) is 0. The Balaban J connectivity index is 1.83. The summed E-state index contributed by atoms with van der Waals surface area (Å²) in [6.07, 6.45) is 12.0. The highest BCUT2D eigenvalue weighted by Crippen LogP contribution is 2.01. The molecular formula is C13H11N3S. The van der Waals surface area contributed by atoms with E-state index < -0.39 is 0 Å². The van der Waals surface area contributed by atoms with E-state index in [4.69, 9.17) is 0 Å². The van der Waals surface area contributed by atoms with Gasteiger partial charge in [-0.15, -0.1) is 0 Å². The summed E-state index contributed by atoms with van der Waals surface area (Å²) in [7, 11) is 0. The van der Waals surface area contributed by atoms with E-state index in [1.165, 1.54) is 9.75 Å². The molecule has 0 spiro atoms. The van der Waals surface area contributed by atoms with E-state index in [0.717, 1.165) is 12.2 Å². The van der Waals surface area contributed by atoms with Gasteiger partial charge in [0.05, 0.1) is 10.2 Å². The van der Waals surface area contributed by atoms with Crippen LogP contribution in [-0.2, 0) is 0 Å². The lowest BCUT2D eigenvalue weighted by atomic mass is 10.3. The zero-order chi connectivity index (χ0) is 11.5. The highest BCUT2D eigenvalue weighted by atomic mass is 32.1. The second-order valence-corrected chi connectivity index (χ2v) is 4.58. The van der Waals surface area contributed by atoms with Crippen molar-refractivity contribution in [2.24, 2.45) is 0 Å². The first-order chi connectivity index (χ1) is 8.42. The van der Waals surface area contributed by atoms with Crippen LogP contribution in [0, 0.1) is 0 Å². The topological polar surface area (TPSA) is 29.0 Å². The van der Waals surface area contributed by atoms with Gasteiger partial charge in [0.1, 0.15) is 0 Å². The summed E-state index contributed by atoms with van der Waals surface area (Å²) >= 11 is 1.54. The molecule has 1 aliphatic heterocycles. The Labute approximate surface area is 103 Å². The quantitative estimate of drug-likeness (QED) is 0.787. The molecule has 4 heteroatoms. The van der Waals surface area contributed by atoms with Crippen molar-refractivity contribution in [1.29, 1.82) is 0 Å². The molecule has 2 aromatic rings. The lowest BCUT2D eigenvalue weighted by Crippen LogP contribution is -2.29. The number of hydrogen-bond acceptors (Lipinski definition) is 4. The molecule has 3 nitrogen and oxygen atoms in total. The molecule has 3 rings (SSSR count). The van der Waals surface area contributed by atoms with Crippen LogP contribution in [0.2, 0.25) is 0 Å². The van der Waals surface area contributed by atoms with E-state index >= 15 is 0 Å². The first-order valence-corrected chi connectivity index (χ1v) is 6.17. The van der Waals surface area contributed by atoms with E-state index in [2.05, 4.69) is 26.5 Å². The van der Waals surface area contributed by atoms with E-state index in [1.54, 1.807) is 17.7 Å². The fourth-order valence-corrected chi connectivity index (χ4v) is 2.32. The summed E-state index contributed by atoms with van der Waals surface area (Å²) in [5, 5.41) is 1.19. The lowest BCUT2D eigenvalue weighted by Gasteiger charge is -2.14. The average molecular weight is 241 g/mol. The van der Waals surface area contributed by atoms with Crippen LogP contribution in [-0.4, -0.2) is 20.8 Å². The van der Waals surface area contributed by atoms with Crippen LogP contribution in [0.1, 0.15) is 5.69 Å². The fraction of sp³-hybridized carbons (Fsp3) is 0.0769. The molecule has 17 heavy (non-hydrogen) atoms. The maximum atomic E-state index is 4.25. The second-order valence-electron chi connectivity index (χ2n) is 3.75. The third-order valence-corrected chi connectivity index (χ3v) is 3.35. The zero-order valence-electron chi connectivity index (χ0n) is 9.15. The third kappa shape index (κ3) is 2.26. The minimum absolute atomic E-state index is 0.887. The van der Waals surface area contributed by atoms with Gasteiger partial charge in [-0.2, -0.15) is 4.37 Å². The van der Waals surface area contributed by atoms with Crippen LogP contribution >= 0.6 is 11.5 Å². The predicted octanol–water partition coefficient (Wildman–Crippen LogP) is 1.04. The Kier molecular flexibility index (Phi) is 2.71. The molecule has 0 fully saturated rings. The van der Waals surface area contributed by atoms with Gasteiger partial charge >= 0.3 is 0 Å². The minimum atomic E-state index is 0.887. The number of pyridine rings is 1. The van der Waals surface area contributed by atoms with Gasteiger partial charge in [0.25, 0.3) is 0 Å². The Hall–Kier alpha value is -1.94. The summed E-state index contributed by atoms with van der Waals surface area (Å²) < 4.78 is 5.43. The van der Waals surface area contributed by atoms with Crippen molar-refractivity contribution in [2.45, 2.75) is 0 Å². The van der Waals surface area contributed by atoms with Crippen molar-refractivity contribution in [2.75, 3.05) is 6.54 Å². The highest BCUT2D eigenvalue weighted by molar-refractivity contribution is 7.03. The van der Waals surface area contributed by atoms with E-state index in [0.29, 0.717) is 0 Å².